The SMILES string of the molecule is CC(C)C[C@@H](NC(=O)[C@@H](Cc1ccccc1)NC(=O)[C@H](N)Cc1ccc(OC(F)(F)F)cc1)C(=O)N[C@H](CCCCN)C(=O)N1CCC(N)(C(=O)O)CC1. The highest BCUT2D eigenvalue weighted by molar-refractivity contribution is 5.95. The first kappa shape index (κ1) is 43.7. The molecule has 0 unspecified atom stereocenters. The third-order valence-electron chi connectivity index (χ3n) is 9.16. The van der Waals surface area contributed by atoms with Gasteiger partial charge in [0.15, 0.2) is 0 Å². The quantitative estimate of drug-likeness (QED) is 0.102. The second-order valence-corrected chi connectivity index (χ2v) is 14.1. The molecule has 1 saturated heterocycles. The Bertz CT molecular complexity index is 1550. The number of nitrogens with two attached hydrogens (primary N) is 3. The number of halogens is 3. The van der Waals surface area contributed by atoms with Crippen molar-refractivity contribution in [3.8, 4) is 5.75 Å². The molecule has 0 spiro atoms. The molecule has 54 heavy (non-hydrogen) atoms. The number of carbonyl (C=O) groups excluding carboxylic acids is 4. The van der Waals surface area contributed by atoms with E-state index in [0.29, 0.717) is 30.5 Å². The number of benzene rings is 2. The number of carbonyl (C=O) groups is 5. The molecule has 0 saturated carbocycles. The van der Waals surface area contributed by atoms with Crippen LogP contribution in [0.5, 0.6) is 5.75 Å². The summed E-state index contributed by atoms with van der Waals surface area (Å²) in [4.78, 5) is 67.9. The number of nitrogens with zero attached hydrogens (tertiary/aromatic N) is 1. The van der Waals surface area contributed by atoms with Gasteiger partial charge in [-0.2, -0.15) is 0 Å². The van der Waals surface area contributed by atoms with Gasteiger partial charge < -0.3 is 47.9 Å². The summed E-state index contributed by atoms with van der Waals surface area (Å²) in [5, 5.41) is 17.7. The topological polar surface area (TPSA) is 232 Å². The zero-order chi connectivity index (χ0) is 40.1. The Morgan fingerprint density at radius 1 is 0.833 bits per heavy atom. The van der Waals surface area contributed by atoms with Gasteiger partial charge in [-0.3, -0.25) is 24.0 Å². The molecule has 10 N–H and O–H groups in total. The van der Waals surface area contributed by atoms with Gasteiger partial charge in [0, 0.05) is 19.5 Å². The normalized spacial score (nSPS) is 16.4. The maximum Gasteiger partial charge on any atom is 0.573 e. The third-order valence-corrected chi connectivity index (χ3v) is 9.16. The maximum atomic E-state index is 13.9. The number of piperidine rings is 1. The fourth-order valence-corrected chi connectivity index (χ4v) is 6.07. The zero-order valence-electron chi connectivity index (χ0n) is 30.6. The molecule has 2 aromatic carbocycles. The molecular formula is C37H52F3N7O7. The largest absolute Gasteiger partial charge is 0.573 e. The molecule has 4 amide bonds. The van der Waals surface area contributed by atoms with Crippen LogP contribution in [0.15, 0.2) is 54.6 Å². The summed E-state index contributed by atoms with van der Waals surface area (Å²) < 4.78 is 41.6. The highest BCUT2D eigenvalue weighted by Crippen LogP contribution is 2.24. The second-order valence-electron chi connectivity index (χ2n) is 14.1. The van der Waals surface area contributed by atoms with Gasteiger partial charge in [0.25, 0.3) is 0 Å². The van der Waals surface area contributed by atoms with E-state index >= 15 is 0 Å². The van der Waals surface area contributed by atoms with E-state index in [1.165, 1.54) is 17.0 Å². The maximum absolute atomic E-state index is 13.9. The van der Waals surface area contributed by atoms with Crippen molar-refractivity contribution in [2.24, 2.45) is 23.1 Å². The molecule has 0 aliphatic carbocycles. The van der Waals surface area contributed by atoms with Crippen LogP contribution in [0.25, 0.3) is 0 Å². The van der Waals surface area contributed by atoms with Crippen molar-refractivity contribution in [2.75, 3.05) is 19.6 Å². The van der Waals surface area contributed by atoms with Crippen LogP contribution in [0, 0.1) is 5.92 Å². The summed E-state index contributed by atoms with van der Waals surface area (Å²) in [5.41, 5.74) is 17.6. The molecule has 1 aliphatic rings. The molecule has 0 aromatic heterocycles. The number of hydrogen-bond acceptors (Lipinski definition) is 9. The van der Waals surface area contributed by atoms with E-state index in [1.54, 1.807) is 30.3 Å². The van der Waals surface area contributed by atoms with Crippen molar-refractivity contribution in [3.05, 3.63) is 65.7 Å². The summed E-state index contributed by atoms with van der Waals surface area (Å²) in [6.07, 6.45) is -3.22. The Morgan fingerprint density at radius 3 is 1.94 bits per heavy atom. The van der Waals surface area contributed by atoms with E-state index in [1.807, 2.05) is 13.8 Å². The highest BCUT2D eigenvalue weighted by Gasteiger charge is 2.40. The Morgan fingerprint density at radius 2 is 1.39 bits per heavy atom. The smallest absolute Gasteiger partial charge is 0.480 e. The van der Waals surface area contributed by atoms with Gasteiger partial charge in [0.05, 0.1) is 6.04 Å². The number of carboxylic acid groups (broad SMARTS) is 1. The van der Waals surface area contributed by atoms with Crippen molar-refractivity contribution < 1.29 is 47.0 Å². The predicted octanol–water partition coefficient (Wildman–Crippen LogP) is 1.73. The minimum atomic E-state index is -4.86. The second kappa shape index (κ2) is 20.1. The molecule has 0 radical (unpaired) electrons. The summed E-state index contributed by atoms with van der Waals surface area (Å²) in [7, 11) is 0. The number of alkyl halides is 3. The fraction of sp³-hybridized carbons (Fsp3) is 0.541. The van der Waals surface area contributed by atoms with Gasteiger partial charge in [0.1, 0.15) is 29.4 Å². The Hall–Kier alpha value is -4.74. The van der Waals surface area contributed by atoms with Gasteiger partial charge in [-0.1, -0.05) is 56.3 Å². The molecule has 14 nitrogen and oxygen atoms in total. The van der Waals surface area contributed by atoms with E-state index < -0.39 is 71.4 Å². The summed E-state index contributed by atoms with van der Waals surface area (Å²) in [5.74, 6) is -4.04. The van der Waals surface area contributed by atoms with E-state index in [0.717, 1.165) is 12.1 Å². The number of nitrogens with one attached hydrogen (secondary N) is 3. The molecule has 298 valence electrons. The number of ether oxygens (including phenoxy) is 1. The van der Waals surface area contributed by atoms with Crippen LogP contribution in [0.3, 0.4) is 0 Å². The van der Waals surface area contributed by atoms with Crippen LogP contribution in [0.2, 0.25) is 0 Å². The van der Waals surface area contributed by atoms with Crippen LogP contribution in [0.1, 0.15) is 63.5 Å². The highest BCUT2D eigenvalue weighted by atomic mass is 19.4. The first-order valence-corrected chi connectivity index (χ1v) is 18.0. The van der Waals surface area contributed by atoms with E-state index in [4.69, 9.17) is 17.2 Å². The van der Waals surface area contributed by atoms with Crippen LogP contribution >= 0.6 is 0 Å². The van der Waals surface area contributed by atoms with Gasteiger partial charge in [-0.15, -0.1) is 13.2 Å². The monoisotopic (exact) mass is 763 g/mol. The van der Waals surface area contributed by atoms with Crippen LogP contribution < -0.4 is 37.9 Å². The molecular weight excluding hydrogens is 711 g/mol. The minimum Gasteiger partial charge on any atom is -0.480 e. The molecule has 4 atom stereocenters. The lowest BCUT2D eigenvalue weighted by molar-refractivity contribution is -0.274. The van der Waals surface area contributed by atoms with E-state index in [9.17, 15) is 42.3 Å². The Balaban J connectivity index is 1.76. The summed E-state index contributed by atoms with van der Waals surface area (Å²) in [6.45, 7) is 4.28. The number of aliphatic carboxylic acids is 1. The van der Waals surface area contributed by atoms with Crippen LogP contribution in [-0.4, -0.2) is 95.3 Å². The lowest BCUT2D eigenvalue weighted by atomic mass is 9.88. The summed E-state index contributed by atoms with van der Waals surface area (Å²) >= 11 is 0. The van der Waals surface area contributed by atoms with Crippen LogP contribution in [0.4, 0.5) is 13.2 Å². The standard InChI is InChI=1S/C37H52F3N7O7/c1-23(2)20-29(32(49)44-28(10-6-7-17-41)34(51)47-18-15-36(43,16-19-47)35(52)53)46-33(50)30(22-24-8-4-3-5-9-24)45-31(48)27(42)21-25-11-13-26(14-12-25)54-37(38,39)40/h3-5,8-9,11-14,23,27-30H,6-7,10,15-22,41-43H2,1-2H3,(H,44,49)(H,45,48)(H,46,50)(H,52,53)/t27-,28-,29-,30-/m1/s1. The van der Waals surface area contributed by atoms with Crippen molar-refractivity contribution in [3.63, 3.8) is 0 Å². The van der Waals surface area contributed by atoms with E-state index in [2.05, 4.69) is 20.7 Å². The molecule has 3 rings (SSSR count). The molecule has 1 aliphatic heterocycles. The lowest BCUT2D eigenvalue weighted by Gasteiger charge is -2.38. The molecule has 1 heterocycles. The first-order valence-electron chi connectivity index (χ1n) is 18.0. The van der Waals surface area contributed by atoms with Gasteiger partial charge in [0.2, 0.25) is 23.6 Å². The zero-order valence-corrected chi connectivity index (χ0v) is 30.6. The van der Waals surface area contributed by atoms with Crippen molar-refractivity contribution in [1.29, 1.82) is 0 Å². The number of hydrogen-bond donors (Lipinski definition) is 7. The number of unbranched alkanes of at least 4 members (excludes halogenated alkanes) is 1. The summed E-state index contributed by atoms with van der Waals surface area (Å²) in [6, 6.07) is 9.29. The molecule has 0 bridgehead atoms. The molecule has 2 aromatic rings. The average molecular weight is 764 g/mol. The van der Waals surface area contributed by atoms with Gasteiger partial charge in [-0.05, 0) is 80.7 Å². The number of rotatable bonds is 19. The van der Waals surface area contributed by atoms with Crippen LogP contribution in [-0.2, 0) is 36.8 Å². The Kier molecular flexibility index (Phi) is 16.2. The number of carboxylic acids is 1. The van der Waals surface area contributed by atoms with E-state index in [-0.39, 0.29) is 57.5 Å². The molecule has 17 heteroatoms. The van der Waals surface area contributed by atoms with Crippen molar-refractivity contribution in [2.45, 2.75) is 101 Å². The van der Waals surface area contributed by atoms with Crippen molar-refractivity contribution in [1.82, 2.24) is 20.9 Å². The predicted molar refractivity (Wildman–Crippen MR) is 193 cm³/mol. The average Bonchev–Trinajstić information content (AvgIpc) is 3.11. The third kappa shape index (κ3) is 13.9. The number of amides is 4. The number of likely N-dealkylation sites (tertiary alicyclic amines) is 1. The van der Waals surface area contributed by atoms with Gasteiger partial charge in [-0.25, -0.2) is 0 Å². The fourth-order valence-electron chi connectivity index (χ4n) is 6.07. The minimum absolute atomic E-state index is 0.0404. The first-order chi connectivity index (χ1) is 25.4. The lowest BCUT2D eigenvalue weighted by Crippen LogP contribution is -2.60. The van der Waals surface area contributed by atoms with Gasteiger partial charge >= 0.3 is 12.3 Å². The Labute approximate surface area is 312 Å². The van der Waals surface area contributed by atoms with Crippen molar-refractivity contribution >= 4 is 29.6 Å². The molecule has 1 fully saturated rings.